The molecule has 1 aromatic rings. The van der Waals surface area contributed by atoms with Crippen molar-refractivity contribution in [2.45, 2.75) is 24.5 Å². The van der Waals surface area contributed by atoms with E-state index in [0.29, 0.717) is 6.54 Å². The first-order valence-electron chi connectivity index (χ1n) is 5.62. The maximum Gasteiger partial charge on any atom is 0.151 e. The van der Waals surface area contributed by atoms with Crippen molar-refractivity contribution in [3.8, 4) is 0 Å². The second-order valence-corrected chi connectivity index (χ2v) is 6.30. The number of nitrogens with one attached hydrogen (secondary N) is 1. The van der Waals surface area contributed by atoms with Gasteiger partial charge in [-0.1, -0.05) is 0 Å². The largest absolute Gasteiger partial charge is 0.399 e. The van der Waals surface area contributed by atoms with Crippen molar-refractivity contribution in [2.75, 3.05) is 23.3 Å². The monoisotopic (exact) mass is 258 g/mol. The van der Waals surface area contributed by atoms with E-state index in [4.69, 9.17) is 5.73 Å². The molecule has 1 saturated heterocycles. The Morgan fingerprint density at radius 2 is 2.06 bits per heavy atom. The van der Waals surface area contributed by atoms with Crippen LogP contribution in [-0.4, -0.2) is 17.0 Å². The molecule has 1 atom stereocenters. The van der Waals surface area contributed by atoms with Crippen molar-refractivity contribution < 1.29 is 8.78 Å². The van der Waals surface area contributed by atoms with Crippen LogP contribution in [-0.2, 0) is 0 Å². The molecule has 2 rings (SSSR count). The third kappa shape index (κ3) is 2.83. The Labute approximate surface area is 104 Å². The SMILES string of the molecule is CC1(CNc2c(F)cc(N)cc2F)CCCS1. The minimum Gasteiger partial charge on any atom is -0.399 e. The average Bonchev–Trinajstić information content (AvgIpc) is 2.64. The van der Waals surface area contributed by atoms with E-state index >= 15 is 0 Å². The zero-order valence-corrected chi connectivity index (χ0v) is 10.5. The van der Waals surface area contributed by atoms with E-state index in [9.17, 15) is 8.78 Å². The van der Waals surface area contributed by atoms with Crippen LogP contribution in [0.4, 0.5) is 20.2 Å². The van der Waals surface area contributed by atoms with E-state index in [0.717, 1.165) is 30.7 Å². The van der Waals surface area contributed by atoms with E-state index in [1.807, 2.05) is 11.8 Å². The minimum atomic E-state index is -0.630. The van der Waals surface area contributed by atoms with Gasteiger partial charge in [-0.2, -0.15) is 11.8 Å². The lowest BCUT2D eigenvalue weighted by atomic mass is 10.1. The van der Waals surface area contributed by atoms with Gasteiger partial charge in [0.1, 0.15) is 5.69 Å². The standard InChI is InChI=1S/C12H16F2N2S/c1-12(3-2-4-17-12)7-16-11-9(13)5-8(15)6-10(11)14/h5-6,16H,2-4,7,15H2,1H3. The molecule has 94 valence electrons. The minimum absolute atomic E-state index is 0.0697. The molecule has 17 heavy (non-hydrogen) atoms. The van der Waals surface area contributed by atoms with Crippen LogP contribution >= 0.6 is 11.8 Å². The molecule has 1 heterocycles. The Hall–Kier alpha value is -0.970. The number of hydrogen-bond acceptors (Lipinski definition) is 3. The summed E-state index contributed by atoms with van der Waals surface area (Å²) in [6.45, 7) is 2.68. The Morgan fingerprint density at radius 1 is 1.41 bits per heavy atom. The molecule has 0 spiro atoms. The summed E-state index contributed by atoms with van der Waals surface area (Å²) in [5, 5.41) is 2.86. The topological polar surface area (TPSA) is 38.0 Å². The molecule has 1 aromatic carbocycles. The summed E-state index contributed by atoms with van der Waals surface area (Å²) in [6, 6.07) is 2.27. The first-order valence-corrected chi connectivity index (χ1v) is 6.61. The molecule has 0 aromatic heterocycles. The molecule has 0 aliphatic carbocycles. The van der Waals surface area contributed by atoms with Gasteiger partial charge in [-0.05, 0) is 37.7 Å². The third-order valence-corrected chi connectivity index (χ3v) is 4.54. The summed E-state index contributed by atoms with van der Waals surface area (Å²) in [6.07, 6.45) is 2.23. The Morgan fingerprint density at radius 3 is 2.59 bits per heavy atom. The number of halogens is 2. The van der Waals surface area contributed by atoms with E-state index in [2.05, 4.69) is 12.2 Å². The van der Waals surface area contributed by atoms with Crippen LogP contribution < -0.4 is 11.1 Å². The van der Waals surface area contributed by atoms with Crippen LogP contribution in [0.3, 0.4) is 0 Å². The molecule has 3 N–H and O–H groups in total. The van der Waals surface area contributed by atoms with Gasteiger partial charge in [0, 0.05) is 17.0 Å². The van der Waals surface area contributed by atoms with Crippen LogP contribution in [0.15, 0.2) is 12.1 Å². The van der Waals surface area contributed by atoms with Crippen LogP contribution in [0, 0.1) is 11.6 Å². The zero-order chi connectivity index (χ0) is 12.5. The predicted molar refractivity (Wildman–Crippen MR) is 69.4 cm³/mol. The first-order chi connectivity index (χ1) is 8.00. The number of rotatable bonds is 3. The van der Waals surface area contributed by atoms with Gasteiger partial charge in [0.05, 0.1) is 0 Å². The summed E-state index contributed by atoms with van der Waals surface area (Å²) in [7, 11) is 0. The van der Waals surface area contributed by atoms with Crippen molar-refractivity contribution in [1.82, 2.24) is 0 Å². The van der Waals surface area contributed by atoms with Crippen LogP contribution in [0.1, 0.15) is 19.8 Å². The summed E-state index contributed by atoms with van der Waals surface area (Å²) < 4.78 is 27.1. The molecule has 0 bridgehead atoms. The predicted octanol–water partition coefficient (Wildman–Crippen LogP) is 3.24. The summed E-state index contributed by atoms with van der Waals surface area (Å²) >= 11 is 1.85. The van der Waals surface area contributed by atoms with E-state index in [1.165, 1.54) is 0 Å². The molecule has 1 fully saturated rings. The lowest BCUT2D eigenvalue weighted by molar-refractivity contribution is 0.580. The highest BCUT2D eigenvalue weighted by Crippen LogP contribution is 2.38. The first kappa shape index (κ1) is 12.5. The third-order valence-electron chi connectivity index (χ3n) is 3.00. The molecule has 0 amide bonds. The van der Waals surface area contributed by atoms with Gasteiger partial charge in [0.2, 0.25) is 0 Å². The maximum absolute atomic E-state index is 13.5. The average molecular weight is 258 g/mol. The Balaban J connectivity index is 2.08. The normalized spacial score (nSPS) is 23.9. The van der Waals surface area contributed by atoms with Crippen LogP contribution in [0.2, 0.25) is 0 Å². The van der Waals surface area contributed by atoms with Crippen molar-refractivity contribution in [3.05, 3.63) is 23.8 Å². The summed E-state index contributed by atoms with van der Waals surface area (Å²) in [5.41, 5.74) is 5.39. The summed E-state index contributed by atoms with van der Waals surface area (Å²) in [4.78, 5) is 0. The fraction of sp³-hybridized carbons (Fsp3) is 0.500. The highest BCUT2D eigenvalue weighted by molar-refractivity contribution is 8.00. The van der Waals surface area contributed by atoms with E-state index in [1.54, 1.807) is 0 Å². The smallest absolute Gasteiger partial charge is 0.151 e. The Kier molecular flexibility index (Phi) is 3.47. The van der Waals surface area contributed by atoms with Gasteiger partial charge in [-0.15, -0.1) is 0 Å². The van der Waals surface area contributed by atoms with Gasteiger partial charge in [0.25, 0.3) is 0 Å². The quantitative estimate of drug-likeness (QED) is 0.817. The zero-order valence-electron chi connectivity index (χ0n) is 9.72. The molecule has 1 aliphatic heterocycles. The molecule has 0 saturated carbocycles. The molecular formula is C12H16F2N2S. The number of hydrogen-bond donors (Lipinski definition) is 2. The molecule has 5 heteroatoms. The highest BCUT2D eigenvalue weighted by atomic mass is 32.2. The number of benzene rings is 1. The molecule has 2 nitrogen and oxygen atoms in total. The van der Waals surface area contributed by atoms with Gasteiger partial charge in [-0.3, -0.25) is 0 Å². The highest BCUT2D eigenvalue weighted by Gasteiger charge is 2.29. The lowest BCUT2D eigenvalue weighted by Gasteiger charge is -2.23. The van der Waals surface area contributed by atoms with E-state index < -0.39 is 11.6 Å². The molecule has 0 radical (unpaired) electrons. The molecule has 1 aliphatic rings. The fourth-order valence-electron chi connectivity index (χ4n) is 2.01. The molecular weight excluding hydrogens is 242 g/mol. The van der Waals surface area contributed by atoms with Crippen molar-refractivity contribution in [2.24, 2.45) is 0 Å². The lowest BCUT2D eigenvalue weighted by Crippen LogP contribution is -2.27. The van der Waals surface area contributed by atoms with Crippen LogP contribution in [0.25, 0.3) is 0 Å². The van der Waals surface area contributed by atoms with Crippen molar-refractivity contribution >= 4 is 23.1 Å². The fourth-order valence-corrected chi connectivity index (χ4v) is 3.26. The van der Waals surface area contributed by atoms with Gasteiger partial charge < -0.3 is 11.1 Å². The Bertz CT molecular complexity index is 394. The number of nitrogens with two attached hydrogens (primary N) is 1. The van der Waals surface area contributed by atoms with Crippen molar-refractivity contribution in [1.29, 1.82) is 0 Å². The second-order valence-electron chi connectivity index (χ2n) is 4.62. The summed E-state index contributed by atoms with van der Waals surface area (Å²) in [5.74, 6) is -0.145. The maximum atomic E-state index is 13.5. The number of anilines is 2. The van der Waals surface area contributed by atoms with E-state index in [-0.39, 0.29) is 16.1 Å². The van der Waals surface area contributed by atoms with Crippen molar-refractivity contribution in [3.63, 3.8) is 0 Å². The second kappa shape index (κ2) is 4.72. The van der Waals surface area contributed by atoms with Gasteiger partial charge in [-0.25, -0.2) is 8.78 Å². The number of nitrogen functional groups attached to an aromatic ring is 1. The van der Waals surface area contributed by atoms with Gasteiger partial charge in [0.15, 0.2) is 11.6 Å². The van der Waals surface area contributed by atoms with Crippen LogP contribution in [0.5, 0.6) is 0 Å². The molecule has 1 unspecified atom stereocenters. The number of thioether (sulfide) groups is 1. The van der Waals surface area contributed by atoms with Gasteiger partial charge >= 0.3 is 0 Å².